The van der Waals surface area contributed by atoms with Crippen molar-refractivity contribution in [2.24, 2.45) is 5.73 Å². The van der Waals surface area contributed by atoms with Crippen molar-refractivity contribution in [2.45, 2.75) is 49.7 Å². The summed E-state index contributed by atoms with van der Waals surface area (Å²) in [5, 5.41) is 0.0445. The van der Waals surface area contributed by atoms with Crippen molar-refractivity contribution in [1.82, 2.24) is 14.5 Å². The van der Waals surface area contributed by atoms with Gasteiger partial charge in [-0.25, -0.2) is 13.6 Å². The zero-order valence-corrected chi connectivity index (χ0v) is 24.3. The van der Waals surface area contributed by atoms with E-state index in [-0.39, 0.29) is 78.1 Å². The Hall–Kier alpha value is -3.49. The van der Waals surface area contributed by atoms with E-state index in [1.807, 2.05) is 0 Å². The number of carbonyl (C=O) groups is 1. The first-order valence-corrected chi connectivity index (χ1v) is 14.6. The quantitative estimate of drug-likeness (QED) is 0.321. The van der Waals surface area contributed by atoms with Crippen LogP contribution in [0.15, 0.2) is 46.6 Å². The molecule has 8 nitrogen and oxygen atoms in total. The number of anilines is 1. The van der Waals surface area contributed by atoms with Crippen molar-refractivity contribution >= 4 is 34.4 Å². The van der Waals surface area contributed by atoms with E-state index >= 15 is 4.39 Å². The number of ether oxygens (including phenoxy) is 1. The van der Waals surface area contributed by atoms with Crippen molar-refractivity contribution in [3.63, 3.8) is 0 Å². The Kier molecular flexibility index (Phi) is 8.56. The molecule has 0 saturated carbocycles. The smallest absolute Gasteiger partial charge is 0.374 e. The maximum Gasteiger partial charge on any atom is 0.417 e. The van der Waals surface area contributed by atoms with E-state index in [9.17, 15) is 27.2 Å². The molecule has 3 aromatic rings. The van der Waals surface area contributed by atoms with Gasteiger partial charge in [-0.1, -0.05) is 6.58 Å². The number of thioether (sulfide) groups is 1. The number of nitrogens with zero attached hydrogens (tertiary/aromatic N) is 4. The van der Waals surface area contributed by atoms with Crippen LogP contribution in [0.4, 0.5) is 27.8 Å². The van der Waals surface area contributed by atoms with E-state index in [4.69, 9.17) is 10.5 Å². The molecule has 14 heteroatoms. The summed E-state index contributed by atoms with van der Waals surface area (Å²) in [6, 6.07) is 2.52. The predicted molar refractivity (Wildman–Crippen MR) is 154 cm³/mol. The molecule has 0 spiro atoms. The molecule has 2 N–H and O–H groups in total. The number of alkyl halides is 3. The molecule has 0 aliphatic carbocycles. The van der Waals surface area contributed by atoms with E-state index < -0.39 is 46.3 Å². The van der Waals surface area contributed by atoms with Gasteiger partial charge in [-0.3, -0.25) is 9.36 Å². The third-order valence-corrected chi connectivity index (χ3v) is 8.85. The average molecular weight is 624 g/mol. The van der Waals surface area contributed by atoms with Crippen molar-refractivity contribution in [3.05, 3.63) is 64.6 Å². The minimum absolute atomic E-state index is 0.0106. The number of aromatic nitrogens is 2. The van der Waals surface area contributed by atoms with E-state index in [0.717, 1.165) is 30.0 Å². The molecule has 0 radical (unpaired) electrons. The summed E-state index contributed by atoms with van der Waals surface area (Å²) in [5.74, 6) is -2.23. The van der Waals surface area contributed by atoms with E-state index in [0.29, 0.717) is 6.07 Å². The standard InChI is InChI=1S/C29H30F5N5O3S/c1-4-23(40)39-15(2)11-37(12-16(39)3)27-20-10-21(29(32,33)34)24(19-6-5-17(30)9-22(19)31)26-25(20)38(28(41)36-27)13-18(14-43-26)42-8-7-35/h4-6,9-10,15-16,18H,1,7-8,11-14,35H2,2-3H3/t15-,16+,18?. The third-order valence-electron chi connectivity index (χ3n) is 7.62. The van der Waals surface area contributed by atoms with Crippen molar-refractivity contribution in [1.29, 1.82) is 0 Å². The van der Waals surface area contributed by atoms with Gasteiger partial charge in [0.15, 0.2) is 0 Å². The number of halogens is 5. The fourth-order valence-corrected chi connectivity index (χ4v) is 7.21. The molecule has 1 saturated heterocycles. The first-order valence-electron chi connectivity index (χ1n) is 13.6. The Morgan fingerprint density at radius 1 is 1.19 bits per heavy atom. The van der Waals surface area contributed by atoms with Crippen molar-refractivity contribution in [3.8, 4) is 11.1 Å². The van der Waals surface area contributed by atoms with Crippen LogP contribution in [0.1, 0.15) is 19.4 Å². The number of rotatable bonds is 6. The summed E-state index contributed by atoms with van der Waals surface area (Å²) in [7, 11) is 0. The Labute approximate surface area is 248 Å². The molecule has 1 amide bonds. The summed E-state index contributed by atoms with van der Waals surface area (Å²) in [5.41, 5.74) is 2.93. The monoisotopic (exact) mass is 623 g/mol. The zero-order chi connectivity index (χ0) is 31.2. The molecule has 5 rings (SSSR count). The zero-order valence-electron chi connectivity index (χ0n) is 23.5. The van der Waals surface area contributed by atoms with Gasteiger partial charge >= 0.3 is 11.9 Å². The van der Waals surface area contributed by atoms with Crippen molar-refractivity contribution in [2.75, 3.05) is 36.9 Å². The minimum atomic E-state index is -4.95. The largest absolute Gasteiger partial charge is 0.417 e. The van der Waals surface area contributed by atoms with Crippen LogP contribution in [0.5, 0.6) is 0 Å². The van der Waals surface area contributed by atoms with Crippen LogP contribution in [-0.2, 0) is 22.3 Å². The first kappa shape index (κ1) is 31.0. The normalized spacial score (nSPS) is 20.8. The molecule has 0 bridgehead atoms. The minimum Gasteiger partial charge on any atom is -0.374 e. The molecule has 43 heavy (non-hydrogen) atoms. The molecular weight excluding hydrogens is 593 g/mol. The second-order valence-electron chi connectivity index (χ2n) is 10.6. The number of benzene rings is 2. The lowest BCUT2D eigenvalue weighted by Crippen LogP contribution is -2.58. The van der Waals surface area contributed by atoms with Gasteiger partial charge in [0.05, 0.1) is 30.3 Å². The van der Waals surface area contributed by atoms with Gasteiger partial charge in [0.2, 0.25) is 5.91 Å². The van der Waals surface area contributed by atoms with Crippen molar-refractivity contribution < 1.29 is 31.5 Å². The molecule has 1 unspecified atom stereocenters. The topological polar surface area (TPSA) is 93.7 Å². The molecule has 1 fully saturated rings. The molecule has 230 valence electrons. The maximum absolute atomic E-state index is 15.2. The summed E-state index contributed by atoms with van der Waals surface area (Å²) in [4.78, 5) is 33.7. The fraction of sp³-hybridized carbons (Fsp3) is 0.414. The maximum atomic E-state index is 15.2. The van der Waals surface area contributed by atoms with Gasteiger partial charge in [-0.05, 0) is 38.1 Å². The summed E-state index contributed by atoms with van der Waals surface area (Å²) < 4.78 is 80.5. The third kappa shape index (κ3) is 5.75. The molecule has 2 aliphatic rings. The number of carbonyl (C=O) groups excluding carboxylic acids is 1. The number of hydrogen-bond acceptors (Lipinski definition) is 7. The van der Waals surface area contributed by atoms with Crippen LogP contribution in [-0.4, -0.2) is 70.5 Å². The Morgan fingerprint density at radius 3 is 2.49 bits per heavy atom. The first-order chi connectivity index (χ1) is 20.3. The second-order valence-corrected chi connectivity index (χ2v) is 11.7. The van der Waals surface area contributed by atoms with Gasteiger partial charge < -0.3 is 20.3 Å². The molecule has 2 aliphatic heterocycles. The van der Waals surface area contributed by atoms with Crippen LogP contribution in [0.2, 0.25) is 0 Å². The molecule has 2 aromatic carbocycles. The fourth-order valence-electron chi connectivity index (χ4n) is 5.93. The lowest BCUT2D eigenvalue weighted by atomic mass is 9.95. The molecule has 3 atom stereocenters. The Bertz CT molecular complexity index is 1630. The number of amides is 1. The number of piperazine rings is 1. The molecular formula is C29H30F5N5O3S. The summed E-state index contributed by atoms with van der Waals surface area (Å²) in [6.07, 6.45) is -4.36. The average Bonchev–Trinajstić information content (AvgIpc) is 3.13. The van der Waals surface area contributed by atoms with Gasteiger partial charge in [0, 0.05) is 64.9 Å². The Balaban J connectivity index is 1.81. The van der Waals surface area contributed by atoms with Crippen LogP contribution < -0.4 is 16.3 Å². The number of hydrogen-bond donors (Lipinski definition) is 1. The van der Waals surface area contributed by atoms with E-state index in [1.54, 1.807) is 23.6 Å². The van der Waals surface area contributed by atoms with Gasteiger partial charge in [-0.15, -0.1) is 11.8 Å². The Morgan fingerprint density at radius 2 is 1.88 bits per heavy atom. The molecule has 3 heterocycles. The second kappa shape index (κ2) is 11.9. The van der Waals surface area contributed by atoms with E-state index in [2.05, 4.69) is 11.6 Å². The summed E-state index contributed by atoms with van der Waals surface area (Å²) >= 11 is 1.00. The van der Waals surface area contributed by atoms with Crippen LogP contribution in [0.25, 0.3) is 22.0 Å². The predicted octanol–water partition coefficient (Wildman–Crippen LogP) is 4.42. The molecule has 1 aromatic heterocycles. The summed E-state index contributed by atoms with van der Waals surface area (Å²) in [6.45, 7) is 7.83. The van der Waals surface area contributed by atoms with Gasteiger partial charge in [-0.2, -0.15) is 18.2 Å². The highest BCUT2D eigenvalue weighted by molar-refractivity contribution is 7.99. The van der Waals surface area contributed by atoms with Crippen LogP contribution in [0, 0.1) is 11.6 Å². The highest BCUT2D eigenvalue weighted by atomic mass is 32.2. The highest BCUT2D eigenvalue weighted by Crippen LogP contribution is 2.49. The highest BCUT2D eigenvalue weighted by Gasteiger charge is 2.40. The van der Waals surface area contributed by atoms with Gasteiger partial charge in [0.25, 0.3) is 0 Å². The van der Waals surface area contributed by atoms with Crippen LogP contribution >= 0.6 is 11.8 Å². The van der Waals surface area contributed by atoms with Crippen LogP contribution in [0.3, 0.4) is 0 Å². The lowest BCUT2D eigenvalue weighted by molar-refractivity contribution is -0.137. The van der Waals surface area contributed by atoms with Gasteiger partial charge in [0.1, 0.15) is 17.5 Å². The SMILES string of the molecule is C=CC(=O)N1[C@H](C)CN(c2nc(=O)n3c4c(c(-c5ccc(F)cc5F)c(C(F)(F)F)cc24)SCC(OCCN)C3)C[C@@H]1C. The lowest BCUT2D eigenvalue weighted by Gasteiger charge is -2.44. The number of nitrogens with two attached hydrogens (primary N) is 1. The van der Waals surface area contributed by atoms with E-state index in [1.165, 1.54) is 10.6 Å².